The predicted octanol–water partition coefficient (Wildman–Crippen LogP) is 4.21. The molecule has 0 saturated carbocycles. The number of para-hydroxylation sites is 1. The molecule has 4 nitrogen and oxygen atoms in total. The van der Waals surface area contributed by atoms with Crippen molar-refractivity contribution in [2.75, 3.05) is 32.1 Å². The molecular formula is C20H23N3OS. The van der Waals surface area contributed by atoms with E-state index in [1.807, 2.05) is 48.5 Å². The van der Waals surface area contributed by atoms with Crippen LogP contribution in [0.15, 0.2) is 70.6 Å². The molecule has 0 aromatic heterocycles. The van der Waals surface area contributed by atoms with Gasteiger partial charge in [-0.05, 0) is 17.9 Å². The Kier molecular flexibility index (Phi) is 6.65. The van der Waals surface area contributed by atoms with Crippen molar-refractivity contribution in [3.63, 3.8) is 0 Å². The summed E-state index contributed by atoms with van der Waals surface area (Å²) in [6.45, 7) is 5.40. The SMILES string of the molecule is CCSC(=NC(=Nc1ccccc1)c1ccccc1)N1CCOCC1. The van der Waals surface area contributed by atoms with Gasteiger partial charge in [-0.15, -0.1) is 0 Å². The van der Waals surface area contributed by atoms with Gasteiger partial charge in [0.05, 0.1) is 18.9 Å². The van der Waals surface area contributed by atoms with Gasteiger partial charge in [0, 0.05) is 18.7 Å². The summed E-state index contributed by atoms with van der Waals surface area (Å²) in [5, 5.41) is 1.02. The van der Waals surface area contributed by atoms with Crippen LogP contribution in [-0.4, -0.2) is 48.0 Å². The summed E-state index contributed by atoms with van der Waals surface area (Å²) in [6, 6.07) is 20.1. The minimum Gasteiger partial charge on any atom is -0.378 e. The lowest BCUT2D eigenvalue weighted by Gasteiger charge is -2.29. The van der Waals surface area contributed by atoms with Crippen LogP contribution in [0.25, 0.3) is 0 Å². The van der Waals surface area contributed by atoms with Crippen molar-refractivity contribution in [2.24, 2.45) is 9.98 Å². The highest BCUT2D eigenvalue weighted by atomic mass is 32.2. The zero-order valence-electron chi connectivity index (χ0n) is 14.5. The molecule has 1 aliphatic rings. The maximum absolute atomic E-state index is 5.48. The van der Waals surface area contributed by atoms with Gasteiger partial charge in [0.1, 0.15) is 0 Å². The fraction of sp³-hybridized carbons (Fsp3) is 0.300. The minimum absolute atomic E-state index is 0.745. The van der Waals surface area contributed by atoms with Crippen LogP contribution in [0, 0.1) is 0 Å². The number of benzene rings is 2. The number of rotatable bonds is 3. The fourth-order valence-electron chi connectivity index (χ4n) is 2.53. The highest BCUT2D eigenvalue weighted by molar-refractivity contribution is 8.13. The number of ether oxygens (including phenoxy) is 1. The number of thioether (sulfide) groups is 1. The Morgan fingerprint density at radius 3 is 2.28 bits per heavy atom. The summed E-state index contributed by atoms with van der Waals surface area (Å²) in [7, 11) is 0. The number of aliphatic imine (C=N–C) groups is 2. The van der Waals surface area contributed by atoms with Gasteiger partial charge in [-0.25, -0.2) is 9.98 Å². The van der Waals surface area contributed by atoms with E-state index in [1.54, 1.807) is 11.8 Å². The first kappa shape index (κ1) is 17.7. The van der Waals surface area contributed by atoms with Crippen molar-refractivity contribution < 1.29 is 4.74 Å². The third-order valence-electron chi connectivity index (χ3n) is 3.78. The lowest BCUT2D eigenvalue weighted by molar-refractivity contribution is 0.0694. The third-order valence-corrected chi connectivity index (χ3v) is 4.68. The Hall–Kier alpha value is -2.11. The van der Waals surface area contributed by atoms with Crippen LogP contribution in [0.5, 0.6) is 0 Å². The monoisotopic (exact) mass is 353 g/mol. The predicted molar refractivity (Wildman–Crippen MR) is 107 cm³/mol. The first-order chi connectivity index (χ1) is 12.4. The number of amidine groups is 2. The molecule has 0 unspecified atom stereocenters. The smallest absolute Gasteiger partial charge is 0.166 e. The van der Waals surface area contributed by atoms with Crippen molar-refractivity contribution in [3.05, 3.63) is 66.2 Å². The molecule has 1 saturated heterocycles. The van der Waals surface area contributed by atoms with E-state index in [4.69, 9.17) is 14.7 Å². The van der Waals surface area contributed by atoms with Crippen LogP contribution in [0.4, 0.5) is 5.69 Å². The molecule has 0 N–H and O–H groups in total. The van der Waals surface area contributed by atoms with E-state index >= 15 is 0 Å². The molecule has 3 rings (SSSR count). The average molecular weight is 353 g/mol. The highest BCUT2D eigenvalue weighted by Gasteiger charge is 2.16. The van der Waals surface area contributed by atoms with E-state index < -0.39 is 0 Å². The number of hydrogen-bond donors (Lipinski definition) is 0. The number of morpholine rings is 1. The molecule has 1 aliphatic heterocycles. The van der Waals surface area contributed by atoms with Crippen LogP contribution in [-0.2, 0) is 4.74 Å². The first-order valence-electron chi connectivity index (χ1n) is 8.60. The molecule has 0 bridgehead atoms. The summed E-state index contributed by atoms with van der Waals surface area (Å²) in [6.07, 6.45) is 0. The molecule has 1 heterocycles. The van der Waals surface area contributed by atoms with Crippen LogP contribution < -0.4 is 0 Å². The van der Waals surface area contributed by atoms with Gasteiger partial charge in [0.2, 0.25) is 0 Å². The normalized spacial score (nSPS) is 16.1. The van der Waals surface area contributed by atoms with Gasteiger partial charge in [-0.3, -0.25) is 0 Å². The van der Waals surface area contributed by atoms with Gasteiger partial charge in [-0.1, -0.05) is 67.2 Å². The maximum atomic E-state index is 5.48. The van der Waals surface area contributed by atoms with Crippen LogP contribution in [0.1, 0.15) is 12.5 Å². The summed E-state index contributed by atoms with van der Waals surface area (Å²) in [5.74, 6) is 1.72. The molecule has 0 atom stereocenters. The van der Waals surface area contributed by atoms with E-state index in [-0.39, 0.29) is 0 Å². The lowest BCUT2D eigenvalue weighted by atomic mass is 10.2. The second-order valence-corrected chi connectivity index (χ2v) is 6.79. The summed E-state index contributed by atoms with van der Waals surface area (Å²) >= 11 is 1.76. The van der Waals surface area contributed by atoms with Gasteiger partial charge >= 0.3 is 0 Å². The van der Waals surface area contributed by atoms with Crippen LogP contribution in [0.2, 0.25) is 0 Å². The molecule has 1 fully saturated rings. The lowest BCUT2D eigenvalue weighted by Crippen LogP contribution is -2.40. The van der Waals surface area contributed by atoms with Crippen molar-refractivity contribution in [3.8, 4) is 0 Å². The van der Waals surface area contributed by atoms with E-state index in [1.165, 1.54) is 0 Å². The van der Waals surface area contributed by atoms with Gasteiger partial charge in [0.25, 0.3) is 0 Å². The van der Waals surface area contributed by atoms with Gasteiger partial charge in [-0.2, -0.15) is 0 Å². The van der Waals surface area contributed by atoms with E-state index in [9.17, 15) is 0 Å². The van der Waals surface area contributed by atoms with E-state index in [0.29, 0.717) is 0 Å². The van der Waals surface area contributed by atoms with Crippen LogP contribution in [0.3, 0.4) is 0 Å². The zero-order valence-corrected chi connectivity index (χ0v) is 15.3. The summed E-state index contributed by atoms with van der Waals surface area (Å²) < 4.78 is 5.48. The van der Waals surface area contributed by atoms with Crippen molar-refractivity contribution in [2.45, 2.75) is 6.92 Å². The molecule has 0 radical (unpaired) electrons. The van der Waals surface area contributed by atoms with Crippen LogP contribution >= 0.6 is 11.8 Å². The Morgan fingerprint density at radius 1 is 1.00 bits per heavy atom. The van der Waals surface area contributed by atoms with Crippen molar-refractivity contribution in [1.29, 1.82) is 0 Å². The van der Waals surface area contributed by atoms with E-state index in [0.717, 1.165) is 54.3 Å². The van der Waals surface area contributed by atoms with Gasteiger partial charge < -0.3 is 9.64 Å². The Bertz CT molecular complexity index is 710. The van der Waals surface area contributed by atoms with Crippen molar-refractivity contribution in [1.82, 2.24) is 4.90 Å². The molecule has 25 heavy (non-hydrogen) atoms. The third kappa shape index (κ3) is 5.18. The van der Waals surface area contributed by atoms with E-state index in [2.05, 4.69) is 24.0 Å². The largest absolute Gasteiger partial charge is 0.378 e. The molecule has 0 amide bonds. The standard InChI is InChI=1S/C20H23N3OS/c1-2-25-20(23-13-15-24-16-14-23)22-19(17-9-5-3-6-10-17)21-18-11-7-4-8-12-18/h3-12H,2,13-16H2,1H3. The van der Waals surface area contributed by atoms with Gasteiger partial charge in [0.15, 0.2) is 11.0 Å². The Morgan fingerprint density at radius 2 is 1.64 bits per heavy atom. The Labute approximate surface area is 153 Å². The maximum Gasteiger partial charge on any atom is 0.166 e. The topological polar surface area (TPSA) is 37.2 Å². The minimum atomic E-state index is 0.745. The van der Waals surface area contributed by atoms with Crippen molar-refractivity contribution >= 4 is 28.5 Å². The Balaban J connectivity index is 1.98. The average Bonchev–Trinajstić information content (AvgIpc) is 2.69. The summed E-state index contributed by atoms with van der Waals surface area (Å²) in [5.41, 5.74) is 1.93. The zero-order chi connectivity index (χ0) is 17.3. The molecule has 2 aromatic rings. The molecule has 0 aliphatic carbocycles. The quantitative estimate of drug-likeness (QED) is 0.613. The molecule has 2 aromatic carbocycles. The second kappa shape index (κ2) is 9.39. The molecule has 0 spiro atoms. The fourth-order valence-corrected chi connectivity index (χ4v) is 3.31. The molecular weight excluding hydrogens is 330 g/mol. The first-order valence-corrected chi connectivity index (χ1v) is 9.58. The number of nitrogens with zero attached hydrogens (tertiary/aromatic N) is 3. The number of hydrogen-bond acceptors (Lipinski definition) is 3. The second-order valence-electron chi connectivity index (χ2n) is 5.56. The molecule has 5 heteroatoms. The summed E-state index contributed by atoms with van der Waals surface area (Å²) in [4.78, 5) is 12.1. The molecule has 130 valence electrons. The highest BCUT2D eigenvalue weighted by Crippen LogP contribution is 2.17.